The van der Waals surface area contributed by atoms with E-state index in [2.05, 4.69) is 29.3 Å². The molecule has 176 valence electrons. The van der Waals surface area contributed by atoms with Gasteiger partial charge >= 0.3 is 0 Å². The standard InChI is InChI=1S/C20H18N6O2S6/c1-29-17-23-19(33-25-17)31-9-15(27)21-13-7-3-6-12-11(13)5-4-8-14(12)22-16(28)10-32-20-24-18(30-2)26-34-20/h3-8H,9-10H2,1-2H3,(H,21,27)(H,22,28). The summed E-state index contributed by atoms with van der Waals surface area (Å²) in [5, 5.41) is 9.06. The molecule has 2 amide bonds. The van der Waals surface area contributed by atoms with Crippen molar-refractivity contribution in [1.29, 1.82) is 0 Å². The maximum atomic E-state index is 12.5. The first-order valence-electron chi connectivity index (χ1n) is 9.68. The lowest BCUT2D eigenvalue weighted by molar-refractivity contribution is -0.114. The molecule has 0 saturated heterocycles. The molecule has 34 heavy (non-hydrogen) atoms. The van der Waals surface area contributed by atoms with Gasteiger partial charge in [-0.3, -0.25) is 9.59 Å². The summed E-state index contributed by atoms with van der Waals surface area (Å²) in [6.07, 6.45) is 3.83. The van der Waals surface area contributed by atoms with Gasteiger partial charge in [0.1, 0.15) is 0 Å². The molecule has 0 aliphatic heterocycles. The lowest BCUT2D eigenvalue weighted by Gasteiger charge is -2.12. The number of hydrogen-bond acceptors (Lipinski definition) is 12. The van der Waals surface area contributed by atoms with Gasteiger partial charge in [0.2, 0.25) is 22.1 Å². The van der Waals surface area contributed by atoms with E-state index in [1.54, 1.807) is 0 Å². The largest absolute Gasteiger partial charge is 0.325 e. The summed E-state index contributed by atoms with van der Waals surface area (Å²) >= 11 is 8.24. The van der Waals surface area contributed by atoms with Gasteiger partial charge < -0.3 is 10.6 Å². The van der Waals surface area contributed by atoms with Crippen LogP contribution < -0.4 is 10.6 Å². The third-order valence-electron chi connectivity index (χ3n) is 4.27. The first kappa shape index (κ1) is 25.3. The van der Waals surface area contributed by atoms with E-state index in [0.717, 1.165) is 19.5 Å². The highest BCUT2D eigenvalue weighted by Crippen LogP contribution is 2.31. The summed E-state index contributed by atoms with van der Waals surface area (Å²) in [7, 11) is 0. The highest BCUT2D eigenvalue weighted by Gasteiger charge is 2.13. The molecule has 0 atom stereocenters. The van der Waals surface area contributed by atoms with Crippen LogP contribution in [0.2, 0.25) is 0 Å². The van der Waals surface area contributed by atoms with Crippen molar-refractivity contribution in [1.82, 2.24) is 18.7 Å². The van der Waals surface area contributed by atoms with Crippen LogP contribution in [-0.4, -0.2) is 54.5 Å². The monoisotopic (exact) mass is 566 g/mol. The second-order valence-electron chi connectivity index (χ2n) is 6.47. The Balaban J connectivity index is 1.39. The van der Waals surface area contributed by atoms with Crippen molar-refractivity contribution in [3.63, 3.8) is 0 Å². The number of benzene rings is 2. The molecule has 2 aromatic carbocycles. The molecule has 0 saturated carbocycles. The number of fused-ring (bicyclic) bond motifs is 1. The van der Waals surface area contributed by atoms with Crippen molar-refractivity contribution in [2.75, 3.05) is 34.7 Å². The topological polar surface area (TPSA) is 110 Å². The van der Waals surface area contributed by atoms with E-state index in [9.17, 15) is 9.59 Å². The second-order valence-corrected chi connectivity index (χ2v) is 12.0. The van der Waals surface area contributed by atoms with E-state index < -0.39 is 0 Å². The summed E-state index contributed by atoms with van der Waals surface area (Å²) in [6, 6.07) is 11.3. The summed E-state index contributed by atoms with van der Waals surface area (Å²) in [5.41, 5.74) is 1.38. The minimum Gasteiger partial charge on any atom is -0.325 e. The Hall–Kier alpha value is -1.84. The van der Waals surface area contributed by atoms with Gasteiger partial charge in [0, 0.05) is 22.1 Å². The van der Waals surface area contributed by atoms with E-state index in [4.69, 9.17) is 0 Å². The SMILES string of the molecule is CSc1nsc(SCC(=O)Nc2cccc3c(NC(=O)CSc4nc(SC)ns4)cccc23)n1. The van der Waals surface area contributed by atoms with Crippen molar-refractivity contribution >= 4 is 104 Å². The van der Waals surface area contributed by atoms with Gasteiger partial charge in [-0.15, -0.1) is 0 Å². The first-order chi connectivity index (χ1) is 16.6. The van der Waals surface area contributed by atoms with E-state index >= 15 is 0 Å². The summed E-state index contributed by atoms with van der Waals surface area (Å²) in [6.45, 7) is 0. The van der Waals surface area contributed by atoms with Crippen LogP contribution in [0.4, 0.5) is 11.4 Å². The van der Waals surface area contributed by atoms with E-state index in [-0.39, 0.29) is 23.3 Å². The maximum absolute atomic E-state index is 12.5. The fraction of sp³-hybridized carbons (Fsp3) is 0.200. The third kappa shape index (κ3) is 6.64. The Labute approximate surface area is 221 Å². The molecule has 0 aliphatic rings. The van der Waals surface area contributed by atoms with Crippen LogP contribution in [0.15, 0.2) is 55.4 Å². The minimum absolute atomic E-state index is 0.133. The van der Waals surface area contributed by atoms with Crippen molar-refractivity contribution in [3.8, 4) is 0 Å². The summed E-state index contributed by atoms with van der Waals surface area (Å²) in [5.74, 6) is 0.199. The van der Waals surface area contributed by atoms with Crippen LogP contribution in [0.25, 0.3) is 10.8 Å². The van der Waals surface area contributed by atoms with Gasteiger partial charge in [0.05, 0.1) is 11.5 Å². The fourth-order valence-corrected chi connectivity index (χ4v) is 6.85. The van der Waals surface area contributed by atoms with Gasteiger partial charge in [-0.2, -0.15) is 8.75 Å². The minimum atomic E-state index is -0.133. The molecule has 0 fully saturated rings. The number of rotatable bonds is 10. The molecular formula is C20H18N6O2S6. The Morgan fingerprint density at radius 2 is 1.21 bits per heavy atom. The van der Waals surface area contributed by atoms with Crippen LogP contribution in [0.1, 0.15) is 0 Å². The smallest absolute Gasteiger partial charge is 0.234 e. The third-order valence-corrected chi connectivity index (χ3v) is 9.26. The van der Waals surface area contributed by atoms with Gasteiger partial charge in [-0.1, -0.05) is 71.3 Å². The molecule has 0 aliphatic carbocycles. The Kier molecular flexibility index (Phi) is 9.08. The molecule has 14 heteroatoms. The Bertz CT molecular complexity index is 1210. The van der Waals surface area contributed by atoms with Crippen LogP contribution in [0, 0.1) is 0 Å². The molecule has 0 spiro atoms. The number of thioether (sulfide) groups is 4. The Morgan fingerprint density at radius 1 is 0.765 bits per heavy atom. The zero-order valence-electron chi connectivity index (χ0n) is 17.9. The van der Waals surface area contributed by atoms with Crippen molar-refractivity contribution < 1.29 is 9.59 Å². The summed E-state index contributed by atoms with van der Waals surface area (Å²) in [4.78, 5) is 33.8. The number of anilines is 2. The van der Waals surface area contributed by atoms with Crippen LogP contribution in [-0.2, 0) is 9.59 Å². The molecular weight excluding hydrogens is 549 g/mol. The van der Waals surface area contributed by atoms with E-state index in [1.807, 2.05) is 48.9 Å². The Morgan fingerprint density at radius 3 is 1.59 bits per heavy atom. The zero-order valence-corrected chi connectivity index (χ0v) is 22.8. The molecule has 0 bridgehead atoms. The lowest BCUT2D eigenvalue weighted by atomic mass is 10.1. The van der Waals surface area contributed by atoms with Crippen LogP contribution in [0.3, 0.4) is 0 Å². The number of carbonyl (C=O) groups excluding carboxylic acids is 2. The molecule has 0 unspecified atom stereocenters. The van der Waals surface area contributed by atoms with Crippen molar-refractivity contribution in [2.45, 2.75) is 19.0 Å². The van der Waals surface area contributed by atoms with Crippen LogP contribution >= 0.6 is 70.1 Å². The van der Waals surface area contributed by atoms with E-state index in [1.165, 1.54) is 70.1 Å². The molecule has 4 aromatic rings. The molecule has 4 rings (SSSR count). The molecule has 2 heterocycles. The average molecular weight is 567 g/mol. The predicted octanol–water partition coefficient (Wildman–Crippen LogP) is 5.45. The average Bonchev–Trinajstić information content (AvgIpc) is 3.51. The first-order valence-corrected chi connectivity index (χ1v) is 15.6. The quantitative estimate of drug-likeness (QED) is 0.241. The maximum Gasteiger partial charge on any atom is 0.234 e. The predicted molar refractivity (Wildman–Crippen MR) is 146 cm³/mol. The molecule has 8 nitrogen and oxygen atoms in total. The van der Waals surface area contributed by atoms with Crippen molar-refractivity contribution in [2.24, 2.45) is 0 Å². The number of nitrogens with one attached hydrogen (secondary N) is 2. The van der Waals surface area contributed by atoms with Gasteiger partial charge in [0.15, 0.2) is 8.68 Å². The molecule has 2 aromatic heterocycles. The normalized spacial score (nSPS) is 11.0. The number of aromatic nitrogens is 4. The zero-order chi connectivity index (χ0) is 23.9. The molecule has 0 radical (unpaired) electrons. The van der Waals surface area contributed by atoms with Gasteiger partial charge in [-0.25, -0.2) is 9.97 Å². The van der Waals surface area contributed by atoms with Gasteiger partial charge in [0.25, 0.3) is 0 Å². The number of nitrogens with zero attached hydrogens (tertiary/aromatic N) is 4. The number of carbonyl (C=O) groups is 2. The van der Waals surface area contributed by atoms with Crippen LogP contribution in [0.5, 0.6) is 0 Å². The highest BCUT2D eigenvalue weighted by molar-refractivity contribution is 8.02. The van der Waals surface area contributed by atoms with Gasteiger partial charge in [-0.05, 0) is 47.7 Å². The number of hydrogen-bond donors (Lipinski definition) is 2. The fourth-order valence-electron chi connectivity index (χ4n) is 2.83. The number of amides is 2. The second kappa shape index (κ2) is 12.2. The molecule has 2 N–H and O–H groups in total. The van der Waals surface area contributed by atoms with E-state index in [0.29, 0.717) is 21.7 Å². The lowest BCUT2D eigenvalue weighted by Crippen LogP contribution is -2.15. The highest BCUT2D eigenvalue weighted by atomic mass is 32.2. The summed E-state index contributed by atoms with van der Waals surface area (Å²) < 4.78 is 9.93. The van der Waals surface area contributed by atoms with Crippen molar-refractivity contribution in [3.05, 3.63) is 36.4 Å².